The molecular weight excluding hydrogens is 293 g/mol. The van der Waals surface area contributed by atoms with Crippen LogP contribution in [0.5, 0.6) is 0 Å². The van der Waals surface area contributed by atoms with Crippen molar-refractivity contribution in [3.63, 3.8) is 0 Å². The molecule has 0 fully saturated rings. The number of rotatable bonds is 2. The number of benzene rings is 2. The molecule has 6 heteroatoms. The van der Waals surface area contributed by atoms with E-state index in [2.05, 4.69) is 0 Å². The van der Waals surface area contributed by atoms with E-state index < -0.39 is 17.6 Å². The zero-order valence-electron chi connectivity index (χ0n) is 11.5. The monoisotopic (exact) mass is 306 g/mol. The first-order valence-electron chi connectivity index (χ1n) is 6.72. The van der Waals surface area contributed by atoms with Crippen LogP contribution in [0, 0.1) is 0 Å². The van der Waals surface area contributed by atoms with Crippen molar-refractivity contribution in [2.45, 2.75) is 19.3 Å². The predicted octanol–water partition coefficient (Wildman–Crippen LogP) is 3.32. The summed E-state index contributed by atoms with van der Waals surface area (Å²) in [6.45, 7) is -0.132. The van der Waals surface area contributed by atoms with Crippen molar-refractivity contribution in [1.29, 1.82) is 0 Å². The molecule has 0 aromatic heterocycles. The van der Waals surface area contributed by atoms with Gasteiger partial charge in [-0.15, -0.1) is 0 Å². The lowest BCUT2D eigenvalue weighted by atomic mass is 9.99. The number of fused-ring (bicyclic) bond motifs is 1. The summed E-state index contributed by atoms with van der Waals surface area (Å²) in [5.41, 5.74) is 5.65. The lowest BCUT2D eigenvalue weighted by Gasteiger charge is -2.16. The van der Waals surface area contributed by atoms with Crippen LogP contribution in [-0.4, -0.2) is 5.91 Å². The van der Waals surface area contributed by atoms with Crippen LogP contribution in [-0.2, 0) is 19.3 Å². The summed E-state index contributed by atoms with van der Waals surface area (Å²) in [4.78, 5) is 13.8. The third kappa shape index (κ3) is 2.35. The van der Waals surface area contributed by atoms with E-state index in [0.29, 0.717) is 11.3 Å². The Morgan fingerprint density at radius 3 is 2.41 bits per heavy atom. The van der Waals surface area contributed by atoms with Crippen molar-refractivity contribution in [1.82, 2.24) is 0 Å². The van der Waals surface area contributed by atoms with Gasteiger partial charge in [-0.3, -0.25) is 4.79 Å². The first-order chi connectivity index (χ1) is 10.4. The zero-order chi connectivity index (χ0) is 15.9. The van der Waals surface area contributed by atoms with E-state index in [0.717, 1.165) is 6.07 Å². The van der Waals surface area contributed by atoms with Crippen molar-refractivity contribution in [2.75, 3.05) is 4.90 Å². The van der Waals surface area contributed by atoms with Crippen molar-refractivity contribution < 1.29 is 18.0 Å². The molecule has 0 aliphatic carbocycles. The summed E-state index contributed by atoms with van der Waals surface area (Å²) >= 11 is 0. The van der Waals surface area contributed by atoms with E-state index in [-0.39, 0.29) is 24.2 Å². The topological polar surface area (TPSA) is 46.3 Å². The lowest BCUT2D eigenvalue weighted by Crippen LogP contribution is -2.22. The van der Waals surface area contributed by atoms with Crippen LogP contribution < -0.4 is 10.6 Å². The molecule has 1 amide bonds. The fraction of sp³-hybridized carbons (Fsp3) is 0.188. The number of anilines is 1. The number of para-hydroxylation sites is 1. The molecule has 1 aliphatic rings. The number of nitrogens with zero attached hydrogens (tertiary/aromatic N) is 1. The van der Waals surface area contributed by atoms with Gasteiger partial charge in [0.05, 0.1) is 12.1 Å². The SMILES string of the molecule is NCc1cc2c(c(C(F)(F)F)c1)CN(c1ccccc1)C2=O. The van der Waals surface area contributed by atoms with E-state index in [9.17, 15) is 18.0 Å². The van der Waals surface area contributed by atoms with Gasteiger partial charge in [0.25, 0.3) is 5.91 Å². The largest absolute Gasteiger partial charge is 0.416 e. The van der Waals surface area contributed by atoms with Crippen LogP contribution in [0.3, 0.4) is 0 Å². The smallest absolute Gasteiger partial charge is 0.326 e. The first kappa shape index (κ1) is 14.6. The Morgan fingerprint density at radius 2 is 1.82 bits per heavy atom. The molecule has 0 bridgehead atoms. The van der Waals surface area contributed by atoms with Gasteiger partial charge in [0.2, 0.25) is 0 Å². The highest BCUT2D eigenvalue weighted by Crippen LogP contribution is 2.39. The minimum atomic E-state index is -4.51. The standard InChI is InChI=1S/C16H13F3N2O/c17-16(18,19)14-7-10(8-20)6-12-13(14)9-21(15(12)22)11-4-2-1-3-5-11/h1-7H,8-9,20H2. The molecule has 0 saturated heterocycles. The van der Waals surface area contributed by atoms with Crippen molar-refractivity contribution in [3.8, 4) is 0 Å². The molecule has 2 aromatic carbocycles. The molecule has 0 spiro atoms. The summed E-state index contributed by atoms with van der Waals surface area (Å²) < 4.78 is 39.7. The van der Waals surface area contributed by atoms with Crippen LogP contribution in [0.2, 0.25) is 0 Å². The molecular formula is C16H13F3N2O. The minimum Gasteiger partial charge on any atom is -0.326 e. The van der Waals surface area contributed by atoms with Gasteiger partial charge >= 0.3 is 6.18 Å². The average molecular weight is 306 g/mol. The van der Waals surface area contributed by atoms with E-state index >= 15 is 0 Å². The molecule has 0 saturated carbocycles. The quantitative estimate of drug-likeness (QED) is 0.925. The minimum absolute atomic E-state index is 0.0125. The highest BCUT2D eigenvalue weighted by Gasteiger charge is 2.40. The lowest BCUT2D eigenvalue weighted by molar-refractivity contribution is -0.138. The maximum atomic E-state index is 13.2. The van der Waals surface area contributed by atoms with Gasteiger partial charge in [0, 0.05) is 17.8 Å². The van der Waals surface area contributed by atoms with Gasteiger partial charge in [0.1, 0.15) is 0 Å². The van der Waals surface area contributed by atoms with Crippen LogP contribution in [0.15, 0.2) is 42.5 Å². The van der Waals surface area contributed by atoms with Crippen molar-refractivity contribution >= 4 is 11.6 Å². The van der Waals surface area contributed by atoms with Gasteiger partial charge in [-0.05, 0) is 35.4 Å². The van der Waals surface area contributed by atoms with Gasteiger partial charge in [0.15, 0.2) is 0 Å². The highest BCUT2D eigenvalue weighted by atomic mass is 19.4. The van der Waals surface area contributed by atoms with Gasteiger partial charge in [-0.25, -0.2) is 0 Å². The second-order valence-electron chi connectivity index (χ2n) is 5.10. The maximum Gasteiger partial charge on any atom is 0.416 e. The summed E-state index contributed by atoms with van der Waals surface area (Å²) in [5, 5.41) is 0. The van der Waals surface area contributed by atoms with Gasteiger partial charge < -0.3 is 10.6 Å². The molecule has 3 rings (SSSR count). The molecule has 2 N–H and O–H groups in total. The summed E-state index contributed by atoms with van der Waals surface area (Å²) in [5.74, 6) is -0.429. The molecule has 0 radical (unpaired) electrons. The normalized spacial score (nSPS) is 14.4. The number of hydrogen-bond donors (Lipinski definition) is 1. The average Bonchev–Trinajstić information content (AvgIpc) is 2.83. The Kier molecular flexibility index (Phi) is 3.41. The second-order valence-corrected chi connectivity index (χ2v) is 5.10. The molecule has 0 atom stereocenters. The molecule has 0 unspecified atom stereocenters. The van der Waals surface area contributed by atoms with E-state index in [1.165, 1.54) is 11.0 Å². The number of halogens is 3. The number of nitrogens with two attached hydrogens (primary N) is 1. The molecule has 2 aromatic rings. The van der Waals surface area contributed by atoms with E-state index in [4.69, 9.17) is 5.73 Å². The van der Waals surface area contributed by atoms with Crippen LogP contribution in [0.4, 0.5) is 18.9 Å². The third-order valence-electron chi connectivity index (χ3n) is 3.71. The number of alkyl halides is 3. The summed E-state index contributed by atoms with van der Waals surface area (Å²) in [6, 6.07) is 11.1. The molecule has 1 heterocycles. The second kappa shape index (κ2) is 5.14. The molecule has 22 heavy (non-hydrogen) atoms. The summed E-state index contributed by atoms with van der Waals surface area (Å²) in [7, 11) is 0. The Labute approximate surface area is 125 Å². The van der Waals surface area contributed by atoms with Crippen LogP contribution in [0.1, 0.15) is 27.0 Å². The predicted molar refractivity (Wildman–Crippen MR) is 76.3 cm³/mol. The number of carbonyl (C=O) groups is 1. The highest BCUT2D eigenvalue weighted by molar-refractivity contribution is 6.10. The van der Waals surface area contributed by atoms with Crippen molar-refractivity contribution in [2.24, 2.45) is 5.73 Å². The molecule has 3 nitrogen and oxygen atoms in total. The van der Waals surface area contributed by atoms with Crippen molar-refractivity contribution in [3.05, 3.63) is 64.7 Å². The molecule has 1 aliphatic heterocycles. The number of hydrogen-bond acceptors (Lipinski definition) is 2. The van der Waals surface area contributed by atoms with Gasteiger partial charge in [-0.2, -0.15) is 13.2 Å². The maximum absolute atomic E-state index is 13.2. The van der Waals surface area contributed by atoms with Crippen LogP contribution >= 0.6 is 0 Å². The zero-order valence-corrected chi connectivity index (χ0v) is 11.5. The Balaban J connectivity index is 2.12. The Bertz CT molecular complexity index is 726. The Hall–Kier alpha value is -2.34. The third-order valence-corrected chi connectivity index (χ3v) is 3.71. The van der Waals surface area contributed by atoms with Crippen LogP contribution in [0.25, 0.3) is 0 Å². The Morgan fingerprint density at radius 1 is 1.14 bits per heavy atom. The first-order valence-corrected chi connectivity index (χ1v) is 6.72. The number of carbonyl (C=O) groups excluding carboxylic acids is 1. The number of amides is 1. The fourth-order valence-corrected chi connectivity index (χ4v) is 2.66. The fourth-order valence-electron chi connectivity index (χ4n) is 2.66. The molecule has 114 valence electrons. The van der Waals surface area contributed by atoms with E-state index in [1.807, 2.05) is 0 Å². The van der Waals surface area contributed by atoms with Gasteiger partial charge in [-0.1, -0.05) is 18.2 Å². The van der Waals surface area contributed by atoms with E-state index in [1.54, 1.807) is 30.3 Å². The summed E-state index contributed by atoms with van der Waals surface area (Å²) in [6.07, 6.45) is -4.51.